The highest BCUT2D eigenvalue weighted by atomic mass is 35.5. The Morgan fingerprint density at radius 1 is 1.42 bits per heavy atom. The van der Waals surface area contributed by atoms with Crippen molar-refractivity contribution in [1.82, 2.24) is 14.7 Å². The van der Waals surface area contributed by atoms with E-state index in [1.807, 2.05) is 19.2 Å². The zero-order valence-corrected chi connectivity index (χ0v) is 17.1. The van der Waals surface area contributed by atoms with Gasteiger partial charge in [-0.1, -0.05) is 22.9 Å². The van der Waals surface area contributed by atoms with Crippen molar-refractivity contribution in [1.29, 1.82) is 0 Å². The van der Waals surface area contributed by atoms with Gasteiger partial charge in [0, 0.05) is 24.5 Å². The lowest BCUT2D eigenvalue weighted by molar-refractivity contribution is -0.116. The molecular formula is C17H21ClN4O2S2. The lowest BCUT2D eigenvalue weighted by Crippen LogP contribution is -2.31. The second kappa shape index (κ2) is 8.47. The van der Waals surface area contributed by atoms with E-state index < -0.39 is 0 Å². The summed E-state index contributed by atoms with van der Waals surface area (Å²) in [6.07, 6.45) is 2.07. The minimum atomic E-state index is 0.0214. The molecule has 1 aromatic heterocycles. The summed E-state index contributed by atoms with van der Waals surface area (Å²) in [5.74, 6) is 0.810. The van der Waals surface area contributed by atoms with Gasteiger partial charge in [0.15, 0.2) is 3.95 Å². The molecule has 3 rings (SSSR count). The maximum atomic E-state index is 11.9. The Morgan fingerprint density at radius 2 is 2.12 bits per heavy atom. The third-order valence-electron chi connectivity index (χ3n) is 3.98. The highest BCUT2D eigenvalue weighted by Crippen LogP contribution is 2.33. The Kier molecular flexibility index (Phi) is 6.29. The van der Waals surface area contributed by atoms with E-state index in [2.05, 4.69) is 10.00 Å². The predicted octanol–water partition coefficient (Wildman–Crippen LogP) is 3.81. The van der Waals surface area contributed by atoms with Gasteiger partial charge in [-0.2, -0.15) is 0 Å². The summed E-state index contributed by atoms with van der Waals surface area (Å²) >= 11 is 12.7. The van der Waals surface area contributed by atoms with E-state index in [-0.39, 0.29) is 11.9 Å². The van der Waals surface area contributed by atoms with Crippen LogP contribution in [0.25, 0.3) is 0 Å². The maximum Gasteiger partial charge on any atom is 0.225 e. The first kappa shape index (κ1) is 19.3. The first-order chi connectivity index (χ1) is 12.4. The molecule has 6 nitrogen and oxygen atoms in total. The average Bonchev–Trinajstić information content (AvgIpc) is 3.34. The molecule has 1 fully saturated rings. The largest absolute Gasteiger partial charge is 0.492 e. The average molecular weight is 413 g/mol. The number of carbonyl (C=O) groups excluding carboxylic acids is 1. The highest BCUT2D eigenvalue weighted by molar-refractivity contribution is 7.73. The van der Waals surface area contributed by atoms with Crippen LogP contribution in [0.3, 0.4) is 0 Å². The summed E-state index contributed by atoms with van der Waals surface area (Å²) in [4.78, 5) is 15.7. The van der Waals surface area contributed by atoms with Gasteiger partial charge in [-0.25, -0.2) is 4.68 Å². The number of rotatable bonds is 8. The van der Waals surface area contributed by atoms with Gasteiger partial charge >= 0.3 is 0 Å². The van der Waals surface area contributed by atoms with Crippen molar-refractivity contribution in [3.63, 3.8) is 0 Å². The van der Waals surface area contributed by atoms with Crippen molar-refractivity contribution in [2.75, 3.05) is 25.1 Å². The van der Waals surface area contributed by atoms with Crippen molar-refractivity contribution in [3.8, 4) is 5.75 Å². The van der Waals surface area contributed by atoms with Crippen LogP contribution in [0.15, 0.2) is 24.3 Å². The molecule has 0 saturated heterocycles. The van der Waals surface area contributed by atoms with E-state index in [0.717, 1.165) is 25.1 Å². The van der Waals surface area contributed by atoms with Crippen molar-refractivity contribution in [3.05, 3.63) is 33.2 Å². The molecule has 2 aromatic rings. The van der Waals surface area contributed by atoms with E-state index in [1.54, 1.807) is 28.6 Å². The number of hydrogen-bond donors (Lipinski definition) is 0. The number of nitrogens with zero attached hydrogens (tertiary/aromatic N) is 4. The van der Waals surface area contributed by atoms with Crippen molar-refractivity contribution < 1.29 is 9.53 Å². The number of likely N-dealkylation sites (N-methyl/N-ethyl adjacent to an activating group) is 1. The van der Waals surface area contributed by atoms with Crippen LogP contribution < -0.4 is 9.64 Å². The van der Waals surface area contributed by atoms with Gasteiger partial charge in [-0.15, -0.1) is 5.10 Å². The quantitative estimate of drug-likeness (QED) is 0.617. The SMILES string of the molecule is CC(=O)N(c1nn(CN(C)CCOc2ccc(Cl)cc2)c(=S)s1)C1CC1. The molecule has 1 aliphatic rings. The molecular weight excluding hydrogens is 392 g/mol. The number of halogens is 1. The summed E-state index contributed by atoms with van der Waals surface area (Å²) in [5.41, 5.74) is 0. The van der Waals surface area contributed by atoms with E-state index >= 15 is 0 Å². The monoisotopic (exact) mass is 412 g/mol. The molecule has 0 N–H and O–H groups in total. The summed E-state index contributed by atoms with van der Waals surface area (Å²) in [6, 6.07) is 7.58. The molecule has 1 saturated carbocycles. The normalized spacial score (nSPS) is 13.8. The number of aromatic nitrogens is 2. The zero-order chi connectivity index (χ0) is 18.7. The molecule has 1 aromatic carbocycles. The number of carbonyl (C=O) groups is 1. The number of hydrogen-bond acceptors (Lipinski definition) is 6. The third kappa shape index (κ3) is 5.03. The van der Waals surface area contributed by atoms with Crippen LogP contribution in [0.4, 0.5) is 5.13 Å². The molecule has 0 atom stereocenters. The summed E-state index contributed by atoms with van der Waals surface area (Å²) in [6.45, 7) is 3.39. The highest BCUT2D eigenvalue weighted by Gasteiger charge is 2.34. The zero-order valence-electron chi connectivity index (χ0n) is 14.7. The molecule has 1 heterocycles. The fourth-order valence-corrected chi connectivity index (χ4v) is 3.84. The molecule has 0 unspecified atom stereocenters. The standard InChI is InChI=1S/C17H21ClN4O2S2/c1-12(23)22(14-5-6-14)16-19-21(17(25)26-16)11-20(2)9-10-24-15-7-3-13(18)4-8-15/h3-4,7-8,14H,5-6,9-11H2,1-2H3. The molecule has 0 radical (unpaired) electrons. The minimum absolute atomic E-state index is 0.0214. The van der Waals surface area contributed by atoms with E-state index in [4.69, 9.17) is 28.6 Å². The Labute approximate surface area is 166 Å². The molecule has 1 amide bonds. The lowest BCUT2D eigenvalue weighted by Gasteiger charge is -2.18. The van der Waals surface area contributed by atoms with Crippen LogP contribution in [0.1, 0.15) is 19.8 Å². The van der Waals surface area contributed by atoms with Crippen molar-refractivity contribution >= 4 is 46.2 Å². The molecule has 9 heteroatoms. The van der Waals surface area contributed by atoms with Crippen molar-refractivity contribution in [2.24, 2.45) is 0 Å². The number of ether oxygens (including phenoxy) is 1. The second-order valence-electron chi connectivity index (χ2n) is 6.29. The molecule has 0 spiro atoms. The Bertz CT molecular complexity index is 817. The van der Waals surface area contributed by atoms with Gasteiger partial charge < -0.3 is 4.74 Å². The smallest absolute Gasteiger partial charge is 0.225 e. The number of anilines is 1. The lowest BCUT2D eigenvalue weighted by atomic mass is 10.3. The molecule has 1 aliphatic carbocycles. The molecule has 26 heavy (non-hydrogen) atoms. The van der Waals surface area contributed by atoms with E-state index in [1.165, 1.54) is 11.3 Å². The second-order valence-corrected chi connectivity index (χ2v) is 8.33. The van der Waals surface area contributed by atoms with Gasteiger partial charge in [-0.3, -0.25) is 14.6 Å². The van der Waals surface area contributed by atoms with Crippen LogP contribution in [0, 0.1) is 3.95 Å². The minimum Gasteiger partial charge on any atom is -0.492 e. The Morgan fingerprint density at radius 3 is 2.73 bits per heavy atom. The van der Waals surface area contributed by atoms with Crippen molar-refractivity contribution in [2.45, 2.75) is 32.5 Å². The summed E-state index contributed by atoms with van der Waals surface area (Å²) in [5, 5.41) is 5.93. The Hall–Kier alpha value is -1.48. The van der Waals surface area contributed by atoms with Gasteiger partial charge in [0.2, 0.25) is 11.0 Å². The van der Waals surface area contributed by atoms with Gasteiger partial charge in [0.25, 0.3) is 0 Å². The first-order valence-corrected chi connectivity index (χ1v) is 9.99. The predicted molar refractivity (Wildman–Crippen MR) is 107 cm³/mol. The van der Waals surface area contributed by atoms with Crippen LogP contribution in [0.5, 0.6) is 5.75 Å². The Balaban J connectivity index is 1.54. The van der Waals surface area contributed by atoms with Gasteiger partial charge in [-0.05, 0) is 56.4 Å². The molecule has 140 valence electrons. The fraction of sp³-hybridized carbons (Fsp3) is 0.471. The molecule has 0 bridgehead atoms. The first-order valence-electron chi connectivity index (χ1n) is 8.38. The fourth-order valence-electron chi connectivity index (χ4n) is 2.51. The summed E-state index contributed by atoms with van der Waals surface area (Å²) in [7, 11) is 1.98. The van der Waals surface area contributed by atoms with Crippen LogP contribution in [-0.4, -0.2) is 46.8 Å². The third-order valence-corrected chi connectivity index (χ3v) is 5.54. The van der Waals surface area contributed by atoms with Gasteiger partial charge in [0.1, 0.15) is 12.4 Å². The number of benzene rings is 1. The van der Waals surface area contributed by atoms with Crippen LogP contribution >= 0.6 is 35.2 Å². The maximum absolute atomic E-state index is 11.9. The number of amides is 1. The van der Waals surface area contributed by atoms with Crippen LogP contribution in [-0.2, 0) is 11.5 Å². The topological polar surface area (TPSA) is 50.6 Å². The van der Waals surface area contributed by atoms with Crippen LogP contribution in [0.2, 0.25) is 5.02 Å². The van der Waals surface area contributed by atoms with Gasteiger partial charge in [0.05, 0.1) is 6.67 Å². The van der Waals surface area contributed by atoms with E-state index in [0.29, 0.717) is 27.4 Å². The van der Waals surface area contributed by atoms with E-state index in [9.17, 15) is 4.79 Å². The molecule has 0 aliphatic heterocycles. The summed E-state index contributed by atoms with van der Waals surface area (Å²) < 4.78 is 8.13.